The maximum atomic E-state index is 13.5. The predicted molar refractivity (Wildman–Crippen MR) is 114 cm³/mol. The van der Waals surface area contributed by atoms with Crippen molar-refractivity contribution in [1.82, 2.24) is 20.3 Å². The van der Waals surface area contributed by atoms with Gasteiger partial charge in [-0.25, -0.2) is 9.37 Å². The van der Waals surface area contributed by atoms with E-state index in [0.29, 0.717) is 47.6 Å². The van der Waals surface area contributed by atoms with E-state index in [1.54, 1.807) is 24.5 Å². The van der Waals surface area contributed by atoms with Gasteiger partial charge in [0.25, 0.3) is 5.91 Å². The number of carbonyl (C=O) groups excluding carboxylic acids is 1. The summed E-state index contributed by atoms with van der Waals surface area (Å²) >= 11 is 0. The Hall–Kier alpha value is -3.37. The first-order chi connectivity index (χ1) is 15.1. The highest BCUT2D eigenvalue weighted by atomic mass is 19.1. The number of ether oxygens (including phenoxy) is 1. The number of nitrogens with zero attached hydrogens (tertiary/aromatic N) is 4. The lowest BCUT2D eigenvalue weighted by Crippen LogP contribution is -2.36. The van der Waals surface area contributed by atoms with E-state index in [1.165, 1.54) is 6.07 Å². The third kappa shape index (κ3) is 5.04. The lowest BCUT2D eigenvalue weighted by atomic mass is 10.1. The van der Waals surface area contributed by atoms with E-state index in [1.807, 2.05) is 0 Å². The van der Waals surface area contributed by atoms with Gasteiger partial charge >= 0.3 is 0 Å². The molecule has 0 aliphatic carbocycles. The summed E-state index contributed by atoms with van der Waals surface area (Å²) in [6, 6.07) is 4.73. The normalized spacial score (nSPS) is 13.9. The van der Waals surface area contributed by atoms with E-state index >= 15 is 0 Å². The van der Waals surface area contributed by atoms with Crippen molar-refractivity contribution in [3.05, 3.63) is 53.7 Å². The molecule has 1 saturated heterocycles. The van der Waals surface area contributed by atoms with E-state index < -0.39 is 5.82 Å². The van der Waals surface area contributed by atoms with Crippen molar-refractivity contribution >= 4 is 28.4 Å². The fraction of sp³-hybridized carbons (Fsp3) is 0.333. The monoisotopic (exact) mass is 426 g/mol. The molecule has 1 amide bonds. The quantitative estimate of drug-likeness (QED) is 0.519. The molecule has 1 fully saturated rings. The van der Waals surface area contributed by atoms with Gasteiger partial charge < -0.3 is 25.4 Å². The van der Waals surface area contributed by atoms with Crippen molar-refractivity contribution in [1.29, 1.82) is 0 Å². The molecule has 2 aromatic heterocycles. The summed E-state index contributed by atoms with van der Waals surface area (Å²) in [5.41, 5.74) is 2.79. The van der Waals surface area contributed by atoms with Crippen LogP contribution in [0.5, 0.6) is 0 Å². The topological polar surface area (TPSA) is 112 Å². The van der Waals surface area contributed by atoms with E-state index in [2.05, 4.69) is 25.5 Å². The Morgan fingerprint density at radius 1 is 1.19 bits per heavy atom. The van der Waals surface area contributed by atoms with E-state index in [4.69, 9.17) is 14.8 Å². The number of hydrogen-bond acceptors (Lipinski definition) is 8. The highest BCUT2D eigenvalue weighted by molar-refractivity contribution is 6.01. The van der Waals surface area contributed by atoms with Crippen molar-refractivity contribution in [3.8, 4) is 0 Å². The third-order valence-electron chi connectivity index (χ3n) is 4.87. The minimum Gasteiger partial charge on any atom is -0.395 e. The van der Waals surface area contributed by atoms with Gasteiger partial charge in [0, 0.05) is 37.9 Å². The molecular weight excluding hydrogens is 403 g/mol. The summed E-state index contributed by atoms with van der Waals surface area (Å²) in [5.74, 6) is -0.0232. The van der Waals surface area contributed by atoms with Crippen LogP contribution in [0.2, 0.25) is 0 Å². The highest BCUT2D eigenvalue weighted by Crippen LogP contribution is 2.26. The van der Waals surface area contributed by atoms with E-state index in [0.717, 1.165) is 25.1 Å². The lowest BCUT2D eigenvalue weighted by Gasteiger charge is -2.27. The number of pyridine rings is 1. The Labute approximate surface area is 178 Å². The number of anilines is 2. The van der Waals surface area contributed by atoms with Crippen LogP contribution in [-0.2, 0) is 11.3 Å². The molecule has 9 nitrogen and oxygen atoms in total. The van der Waals surface area contributed by atoms with Gasteiger partial charge in [-0.3, -0.25) is 14.8 Å². The Balaban J connectivity index is 1.69. The minimum atomic E-state index is -0.421. The van der Waals surface area contributed by atoms with Crippen LogP contribution in [0.25, 0.3) is 11.0 Å². The van der Waals surface area contributed by atoms with Crippen LogP contribution < -0.4 is 15.5 Å². The first-order valence-corrected chi connectivity index (χ1v) is 10.00. The maximum absolute atomic E-state index is 13.5. The minimum absolute atomic E-state index is 0.149. The molecule has 1 aromatic carbocycles. The zero-order chi connectivity index (χ0) is 21.6. The number of aliphatic hydroxyl groups is 1. The number of halogens is 1. The molecule has 10 heteroatoms. The summed E-state index contributed by atoms with van der Waals surface area (Å²) in [4.78, 5) is 27.7. The molecule has 3 heterocycles. The number of rotatable bonds is 7. The number of benzene rings is 1. The first kappa shape index (κ1) is 20.9. The molecule has 3 N–H and O–H groups in total. The summed E-state index contributed by atoms with van der Waals surface area (Å²) in [7, 11) is 0. The number of aromatic nitrogens is 3. The van der Waals surface area contributed by atoms with Gasteiger partial charge in [0.2, 0.25) is 0 Å². The third-order valence-corrected chi connectivity index (χ3v) is 4.87. The summed E-state index contributed by atoms with van der Waals surface area (Å²) in [6.07, 6.45) is 4.40. The first-order valence-electron chi connectivity index (χ1n) is 10.00. The smallest absolute Gasteiger partial charge is 0.251 e. The molecule has 0 unspecified atom stereocenters. The highest BCUT2D eigenvalue weighted by Gasteiger charge is 2.17. The van der Waals surface area contributed by atoms with Gasteiger partial charge in [0.1, 0.15) is 17.2 Å². The number of nitrogens with one attached hydrogen (secondary N) is 2. The van der Waals surface area contributed by atoms with Crippen LogP contribution in [0.15, 0.2) is 36.8 Å². The SMILES string of the molecule is O=C(NCCO)c1cc(NCc2cncc(F)c2)c2nc(N3CCOCC3)cnc2c1. The second-order valence-corrected chi connectivity index (χ2v) is 7.06. The van der Waals surface area contributed by atoms with Crippen LogP contribution >= 0.6 is 0 Å². The Bertz CT molecular complexity index is 1070. The van der Waals surface area contributed by atoms with Gasteiger partial charge in [-0.05, 0) is 23.8 Å². The van der Waals surface area contributed by atoms with Crippen molar-refractivity contribution < 1.29 is 19.0 Å². The van der Waals surface area contributed by atoms with Crippen LogP contribution in [-0.4, -0.2) is 65.4 Å². The van der Waals surface area contributed by atoms with Crippen molar-refractivity contribution in [2.45, 2.75) is 6.54 Å². The zero-order valence-electron chi connectivity index (χ0n) is 16.8. The number of aliphatic hydroxyl groups excluding tert-OH is 1. The average molecular weight is 426 g/mol. The number of morpholine rings is 1. The molecule has 4 rings (SSSR count). The molecule has 3 aromatic rings. The maximum Gasteiger partial charge on any atom is 0.251 e. The zero-order valence-corrected chi connectivity index (χ0v) is 16.8. The predicted octanol–water partition coefficient (Wildman–Crippen LogP) is 1.33. The fourth-order valence-corrected chi connectivity index (χ4v) is 3.34. The Morgan fingerprint density at radius 3 is 2.81 bits per heavy atom. The lowest BCUT2D eigenvalue weighted by molar-refractivity contribution is 0.0945. The van der Waals surface area contributed by atoms with Gasteiger partial charge in [-0.2, -0.15) is 0 Å². The summed E-state index contributed by atoms with van der Waals surface area (Å²) in [5, 5.41) is 14.8. The van der Waals surface area contributed by atoms with Crippen molar-refractivity contribution in [2.75, 3.05) is 49.7 Å². The van der Waals surface area contributed by atoms with Gasteiger partial charge in [0.15, 0.2) is 0 Å². The van der Waals surface area contributed by atoms with E-state index in [-0.39, 0.29) is 19.1 Å². The van der Waals surface area contributed by atoms with Crippen LogP contribution in [0, 0.1) is 5.82 Å². The molecule has 0 atom stereocenters. The van der Waals surface area contributed by atoms with Crippen LogP contribution in [0.1, 0.15) is 15.9 Å². The molecule has 0 spiro atoms. The van der Waals surface area contributed by atoms with E-state index in [9.17, 15) is 9.18 Å². The Morgan fingerprint density at radius 2 is 2.03 bits per heavy atom. The van der Waals surface area contributed by atoms with Crippen molar-refractivity contribution in [2.24, 2.45) is 0 Å². The Kier molecular flexibility index (Phi) is 6.48. The molecular formula is C21H23FN6O3. The molecule has 162 valence electrons. The van der Waals surface area contributed by atoms with Crippen LogP contribution in [0.3, 0.4) is 0 Å². The second kappa shape index (κ2) is 9.63. The second-order valence-electron chi connectivity index (χ2n) is 7.06. The molecule has 0 bridgehead atoms. The number of fused-ring (bicyclic) bond motifs is 1. The molecule has 1 aliphatic heterocycles. The van der Waals surface area contributed by atoms with Gasteiger partial charge in [-0.1, -0.05) is 0 Å². The summed E-state index contributed by atoms with van der Waals surface area (Å²) < 4.78 is 18.9. The van der Waals surface area contributed by atoms with Gasteiger partial charge in [0.05, 0.1) is 43.4 Å². The fourth-order valence-electron chi connectivity index (χ4n) is 3.34. The average Bonchev–Trinajstić information content (AvgIpc) is 2.81. The molecule has 1 aliphatic rings. The number of hydrogen-bond donors (Lipinski definition) is 3. The molecule has 0 saturated carbocycles. The number of amides is 1. The standard InChI is InChI=1S/C21H23FN6O3/c22-16-7-14(10-23-12-16)11-25-17-8-15(21(30)24-1-4-29)9-18-20(17)27-19(13-26-18)28-2-5-31-6-3-28/h7-10,12-13,25,29H,1-6,11H2,(H,24,30). The van der Waals surface area contributed by atoms with Gasteiger partial charge in [-0.15, -0.1) is 0 Å². The largest absolute Gasteiger partial charge is 0.395 e. The number of carbonyl (C=O) groups is 1. The summed E-state index contributed by atoms with van der Waals surface area (Å²) in [6.45, 7) is 2.99. The molecule has 31 heavy (non-hydrogen) atoms. The van der Waals surface area contributed by atoms with Crippen molar-refractivity contribution in [3.63, 3.8) is 0 Å². The van der Waals surface area contributed by atoms with Crippen LogP contribution in [0.4, 0.5) is 15.9 Å². The molecule has 0 radical (unpaired) electrons.